The first kappa shape index (κ1) is 15.2. The Morgan fingerprint density at radius 1 is 1.45 bits per heavy atom. The summed E-state index contributed by atoms with van der Waals surface area (Å²) in [6, 6.07) is 2.01. The van der Waals surface area contributed by atoms with E-state index in [1.54, 1.807) is 23.6 Å². The number of aryl methyl sites for hydroxylation is 2. The topological polar surface area (TPSA) is 47.4 Å². The van der Waals surface area contributed by atoms with E-state index in [9.17, 15) is 4.79 Å². The third-order valence-corrected chi connectivity index (χ3v) is 5.00. The Bertz CT molecular complexity index is 722. The molecular formula is C16H21N3O2S. The normalized spacial score (nSPS) is 18.8. The summed E-state index contributed by atoms with van der Waals surface area (Å²) in [5, 5.41) is 3.28. The smallest absolute Gasteiger partial charge is 0.223 e. The van der Waals surface area contributed by atoms with Gasteiger partial charge in [-0.25, -0.2) is 4.98 Å². The monoisotopic (exact) mass is 319 g/mol. The fourth-order valence-electron chi connectivity index (χ4n) is 3.02. The lowest BCUT2D eigenvalue weighted by molar-refractivity contribution is 0.196. The second-order valence-electron chi connectivity index (χ2n) is 5.72. The van der Waals surface area contributed by atoms with Crippen LogP contribution in [0.5, 0.6) is 5.75 Å². The minimum atomic E-state index is -0.0654. The molecule has 0 radical (unpaired) electrons. The van der Waals surface area contributed by atoms with Gasteiger partial charge in [-0.1, -0.05) is 0 Å². The molecule has 22 heavy (non-hydrogen) atoms. The van der Waals surface area contributed by atoms with E-state index >= 15 is 0 Å². The molecule has 1 fully saturated rings. The van der Waals surface area contributed by atoms with Crippen molar-refractivity contribution in [2.45, 2.75) is 39.4 Å². The van der Waals surface area contributed by atoms with Gasteiger partial charge >= 0.3 is 0 Å². The molecule has 1 unspecified atom stereocenters. The van der Waals surface area contributed by atoms with Crippen LogP contribution in [0.1, 0.15) is 35.3 Å². The Hall–Kier alpha value is -1.66. The van der Waals surface area contributed by atoms with Crippen LogP contribution in [-0.2, 0) is 6.67 Å². The number of thiazole rings is 1. The molecule has 5 nitrogen and oxygen atoms in total. The van der Waals surface area contributed by atoms with E-state index in [2.05, 4.69) is 19.8 Å². The third kappa shape index (κ3) is 2.94. The van der Waals surface area contributed by atoms with E-state index < -0.39 is 0 Å². The number of pyridine rings is 1. The van der Waals surface area contributed by atoms with Crippen molar-refractivity contribution in [1.82, 2.24) is 14.5 Å². The zero-order chi connectivity index (χ0) is 15.7. The lowest BCUT2D eigenvalue weighted by Crippen LogP contribution is -2.28. The molecule has 118 valence electrons. The van der Waals surface area contributed by atoms with Gasteiger partial charge in [-0.05, 0) is 26.7 Å². The van der Waals surface area contributed by atoms with Crippen molar-refractivity contribution in [2.75, 3.05) is 13.7 Å². The zero-order valence-corrected chi connectivity index (χ0v) is 14.0. The molecule has 6 heteroatoms. The first-order valence-electron chi connectivity index (χ1n) is 7.49. The zero-order valence-electron chi connectivity index (χ0n) is 13.2. The Balaban J connectivity index is 1.84. The number of likely N-dealkylation sites (tertiary alicyclic amines) is 1. The molecule has 0 spiro atoms. The SMILES string of the molecule is COc1cn(CN2CCCC2c2csc(C)n2)c(C)cc1=O. The molecule has 0 N–H and O–H groups in total. The van der Waals surface area contributed by atoms with E-state index in [0.717, 1.165) is 30.3 Å². The maximum Gasteiger partial charge on any atom is 0.223 e. The molecular weight excluding hydrogens is 298 g/mol. The van der Waals surface area contributed by atoms with Crippen LogP contribution in [0, 0.1) is 13.8 Å². The molecule has 0 amide bonds. The first-order valence-corrected chi connectivity index (χ1v) is 8.37. The number of nitrogens with zero attached hydrogens (tertiary/aromatic N) is 3. The molecule has 1 atom stereocenters. The van der Waals surface area contributed by atoms with Crippen LogP contribution in [0.25, 0.3) is 0 Å². The Kier molecular flexibility index (Phi) is 4.31. The number of ether oxygens (including phenoxy) is 1. The van der Waals surface area contributed by atoms with Crippen LogP contribution < -0.4 is 10.2 Å². The summed E-state index contributed by atoms with van der Waals surface area (Å²) in [5.41, 5.74) is 2.06. The summed E-state index contributed by atoms with van der Waals surface area (Å²) in [6.07, 6.45) is 4.12. The largest absolute Gasteiger partial charge is 0.491 e. The number of hydrogen-bond acceptors (Lipinski definition) is 5. The first-order chi connectivity index (χ1) is 10.6. The third-order valence-electron chi connectivity index (χ3n) is 4.20. The van der Waals surface area contributed by atoms with Crippen LogP contribution in [-0.4, -0.2) is 28.1 Å². The minimum absolute atomic E-state index is 0.0654. The van der Waals surface area contributed by atoms with Crippen LogP contribution in [0.3, 0.4) is 0 Å². The number of rotatable bonds is 4. The van der Waals surface area contributed by atoms with Crippen LogP contribution in [0.2, 0.25) is 0 Å². The predicted molar refractivity (Wildman–Crippen MR) is 87.5 cm³/mol. The fourth-order valence-corrected chi connectivity index (χ4v) is 3.67. The van der Waals surface area contributed by atoms with Gasteiger partial charge in [0, 0.05) is 23.7 Å². The standard InChI is InChI=1S/C16H21N3O2S/c1-11-7-15(20)16(21-3)8-19(11)10-18-6-4-5-14(18)13-9-22-12(2)17-13/h7-9,14H,4-6,10H2,1-3H3. The molecule has 0 bridgehead atoms. The van der Waals surface area contributed by atoms with Crippen molar-refractivity contribution in [2.24, 2.45) is 0 Å². The summed E-state index contributed by atoms with van der Waals surface area (Å²) in [7, 11) is 1.53. The molecule has 1 aliphatic rings. The second kappa shape index (κ2) is 6.22. The van der Waals surface area contributed by atoms with Crippen molar-refractivity contribution in [3.63, 3.8) is 0 Å². The lowest BCUT2D eigenvalue weighted by Gasteiger charge is -2.25. The van der Waals surface area contributed by atoms with E-state index in [0.29, 0.717) is 11.8 Å². The van der Waals surface area contributed by atoms with Crippen molar-refractivity contribution in [3.8, 4) is 5.75 Å². The molecule has 2 aromatic rings. The van der Waals surface area contributed by atoms with Gasteiger partial charge in [-0.15, -0.1) is 11.3 Å². The van der Waals surface area contributed by atoms with Crippen molar-refractivity contribution >= 4 is 11.3 Å². The molecule has 2 aromatic heterocycles. The summed E-state index contributed by atoms with van der Waals surface area (Å²) >= 11 is 1.70. The average Bonchev–Trinajstić information content (AvgIpc) is 3.10. The second-order valence-corrected chi connectivity index (χ2v) is 6.78. The molecule has 3 rings (SSSR count). The fraction of sp³-hybridized carbons (Fsp3) is 0.500. The Labute approximate surface area is 134 Å². The quantitative estimate of drug-likeness (QED) is 0.869. The van der Waals surface area contributed by atoms with Crippen LogP contribution in [0.4, 0.5) is 0 Å². The molecule has 3 heterocycles. The summed E-state index contributed by atoms with van der Waals surface area (Å²) in [4.78, 5) is 18.9. The highest BCUT2D eigenvalue weighted by atomic mass is 32.1. The van der Waals surface area contributed by atoms with E-state index in [-0.39, 0.29) is 5.43 Å². The van der Waals surface area contributed by atoms with Gasteiger partial charge in [0.05, 0.1) is 36.7 Å². The summed E-state index contributed by atoms with van der Waals surface area (Å²) in [6.45, 7) is 5.81. The highest BCUT2D eigenvalue weighted by molar-refractivity contribution is 7.09. The van der Waals surface area contributed by atoms with E-state index in [1.807, 2.05) is 13.8 Å². The van der Waals surface area contributed by atoms with E-state index in [4.69, 9.17) is 4.74 Å². The van der Waals surface area contributed by atoms with Crippen molar-refractivity contribution < 1.29 is 4.74 Å². The van der Waals surface area contributed by atoms with Crippen LogP contribution >= 0.6 is 11.3 Å². The van der Waals surface area contributed by atoms with Gasteiger partial charge in [-0.2, -0.15) is 0 Å². The van der Waals surface area contributed by atoms with Gasteiger partial charge in [0.1, 0.15) is 0 Å². The molecule has 0 aromatic carbocycles. The van der Waals surface area contributed by atoms with Gasteiger partial charge in [0.25, 0.3) is 0 Å². The average molecular weight is 319 g/mol. The molecule has 1 saturated heterocycles. The maximum absolute atomic E-state index is 11.8. The van der Waals surface area contributed by atoms with Gasteiger partial charge in [0.2, 0.25) is 5.43 Å². The molecule has 1 aliphatic heterocycles. The number of hydrogen-bond donors (Lipinski definition) is 0. The van der Waals surface area contributed by atoms with E-state index in [1.165, 1.54) is 19.2 Å². The van der Waals surface area contributed by atoms with Crippen LogP contribution in [0.15, 0.2) is 22.4 Å². The van der Waals surface area contributed by atoms with Gasteiger partial charge < -0.3 is 9.30 Å². The van der Waals surface area contributed by atoms with Crippen molar-refractivity contribution in [3.05, 3.63) is 44.3 Å². The number of methoxy groups -OCH3 is 1. The van der Waals surface area contributed by atoms with Crippen molar-refractivity contribution in [1.29, 1.82) is 0 Å². The highest BCUT2D eigenvalue weighted by Gasteiger charge is 2.28. The number of aromatic nitrogens is 2. The summed E-state index contributed by atoms with van der Waals surface area (Å²) < 4.78 is 7.24. The summed E-state index contributed by atoms with van der Waals surface area (Å²) in [5.74, 6) is 0.394. The maximum atomic E-state index is 11.8. The Morgan fingerprint density at radius 2 is 2.27 bits per heavy atom. The molecule has 0 aliphatic carbocycles. The minimum Gasteiger partial charge on any atom is -0.491 e. The Morgan fingerprint density at radius 3 is 2.95 bits per heavy atom. The lowest BCUT2D eigenvalue weighted by atomic mass is 10.2. The predicted octanol–water partition coefficient (Wildman–Crippen LogP) is 2.72. The highest BCUT2D eigenvalue weighted by Crippen LogP contribution is 2.32. The molecule has 0 saturated carbocycles. The van der Waals surface area contributed by atoms with Gasteiger partial charge in [-0.3, -0.25) is 9.69 Å². The van der Waals surface area contributed by atoms with Gasteiger partial charge in [0.15, 0.2) is 5.75 Å².